The zero-order valence-electron chi connectivity index (χ0n) is 15.7. The van der Waals surface area contributed by atoms with Gasteiger partial charge in [0.25, 0.3) is 5.17 Å². The first kappa shape index (κ1) is 19.3. The van der Waals surface area contributed by atoms with Crippen LogP contribution in [-0.2, 0) is 23.3 Å². The maximum absolute atomic E-state index is 5.64. The van der Waals surface area contributed by atoms with Gasteiger partial charge in [0.1, 0.15) is 12.4 Å². The van der Waals surface area contributed by atoms with Crippen LogP contribution in [0.1, 0.15) is 43.0 Å². The number of nitrogens with one attached hydrogen (secondary N) is 1. The van der Waals surface area contributed by atoms with Crippen molar-refractivity contribution in [3.8, 4) is 5.75 Å². The Kier molecular flexibility index (Phi) is 6.43. The molecule has 0 unspecified atom stereocenters. The molecule has 0 saturated carbocycles. The highest BCUT2D eigenvalue weighted by molar-refractivity contribution is 7.80. The molecule has 0 amide bonds. The standard InChI is InChI=1S/C21H27NO2S/c1-15-6-7-17(12-19(15)23-5)13-22-20(25)24-14-16-8-10-18(11-9-16)21(2,3)4/h6-12H,13-14H2,1-5H3,(H,22,25). The highest BCUT2D eigenvalue weighted by Crippen LogP contribution is 2.22. The minimum absolute atomic E-state index is 0.158. The van der Waals surface area contributed by atoms with E-state index in [0.29, 0.717) is 18.3 Å². The van der Waals surface area contributed by atoms with Crippen molar-refractivity contribution in [1.29, 1.82) is 0 Å². The quantitative estimate of drug-likeness (QED) is 0.772. The van der Waals surface area contributed by atoms with Gasteiger partial charge in [-0.1, -0.05) is 57.2 Å². The third-order valence-electron chi connectivity index (χ3n) is 4.10. The van der Waals surface area contributed by atoms with Gasteiger partial charge in [0.2, 0.25) is 0 Å². The fourth-order valence-electron chi connectivity index (χ4n) is 2.45. The topological polar surface area (TPSA) is 30.5 Å². The molecule has 1 N–H and O–H groups in total. The number of thiocarbonyl (C=S) groups is 1. The van der Waals surface area contributed by atoms with E-state index in [0.717, 1.165) is 22.4 Å². The maximum atomic E-state index is 5.64. The molecule has 2 aromatic rings. The van der Waals surface area contributed by atoms with Crippen LogP contribution in [0.2, 0.25) is 0 Å². The van der Waals surface area contributed by atoms with E-state index >= 15 is 0 Å². The molecule has 4 heteroatoms. The largest absolute Gasteiger partial charge is 0.496 e. The second-order valence-corrected chi connectivity index (χ2v) is 7.55. The summed E-state index contributed by atoms with van der Waals surface area (Å²) in [4.78, 5) is 0. The van der Waals surface area contributed by atoms with Crippen molar-refractivity contribution in [2.45, 2.75) is 46.3 Å². The molecule has 0 radical (unpaired) electrons. The summed E-state index contributed by atoms with van der Waals surface area (Å²) < 4.78 is 11.0. The highest BCUT2D eigenvalue weighted by Gasteiger charge is 2.12. The predicted octanol–water partition coefficient (Wildman–Crippen LogP) is 4.89. The highest BCUT2D eigenvalue weighted by atomic mass is 32.1. The van der Waals surface area contributed by atoms with E-state index < -0.39 is 0 Å². The van der Waals surface area contributed by atoms with Gasteiger partial charge in [0.15, 0.2) is 0 Å². The van der Waals surface area contributed by atoms with Gasteiger partial charge in [-0.2, -0.15) is 0 Å². The molecule has 0 aliphatic carbocycles. The molecule has 134 valence electrons. The van der Waals surface area contributed by atoms with Crippen molar-refractivity contribution in [2.75, 3.05) is 7.11 Å². The molecule has 0 bridgehead atoms. The van der Waals surface area contributed by atoms with Crippen molar-refractivity contribution in [1.82, 2.24) is 5.32 Å². The van der Waals surface area contributed by atoms with Crippen LogP contribution in [0.4, 0.5) is 0 Å². The molecule has 2 rings (SSSR count). The average Bonchev–Trinajstić information content (AvgIpc) is 2.58. The first-order valence-corrected chi connectivity index (χ1v) is 8.84. The van der Waals surface area contributed by atoms with Gasteiger partial charge < -0.3 is 14.8 Å². The third kappa shape index (κ3) is 5.75. The molecule has 0 atom stereocenters. The second-order valence-electron chi connectivity index (χ2n) is 7.18. The van der Waals surface area contributed by atoms with Gasteiger partial charge in [0.05, 0.1) is 7.11 Å². The smallest absolute Gasteiger partial charge is 0.257 e. The lowest BCUT2D eigenvalue weighted by molar-refractivity contribution is 0.286. The van der Waals surface area contributed by atoms with Crippen molar-refractivity contribution < 1.29 is 9.47 Å². The summed E-state index contributed by atoms with van der Waals surface area (Å²) in [6.45, 7) is 9.72. The predicted molar refractivity (Wildman–Crippen MR) is 107 cm³/mol. The fourth-order valence-corrected chi connectivity index (χ4v) is 2.58. The first-order chi connectivity index (χ1) is 11.8. The second kappa shape index (κ2) is 8.34. The van der Waals surface area contributed by atoms with Crippen LogP contribution in [0, 0.1) is 6.92 Å². The number of rotatable bonds is 5. The number of aryl methyl sites for hydroxylation is 1. The monoisotopic (exact) mass is 357 g/mol. The number of hydrogen-bond donors (Lipinski definition) is 1. The Morgan fingerprint density at radius 2 is 1.68 bits per heavy atom. The number of ether oxygens (including phenoxy) is 2. The molecule has 0 aliphatic rings. The zero-order valence-corrected chi connectivity index (χ0v) is 16.5. The van der Waals surface area contributed by atoms with Crippen molar-refractivity contribution >= 4 is 17.4 Å². The van der Waals surface area contributed by atoms with E-state index in [1.165, 1.54) is 5.56 Å². The van der Waals surface area contributed by atoms with Crippen molar-refractivity contribution in [2.24, 2.45) is 0 Å². The van der Waals surface area contributed by atoms with Crippen LogP contribution >= 0.6 is 12.2 Å². The Labute approximate surface area is 156 Å². The molecule has 25 heavy (non-hydrogen) atoms. The molecular weight excluding hydrogens is 330 g/mol. The van der Waals surface area contributed by atoms with E-state index in [1.807, 2.05) is 19.1 Å². The van der Waals surface area contributed by atoms with Crippen LogP contribution in [0.15, 0.2) is 42.5 Å². The molecule has 0 saturated heterocycles. The van der Waals surface area contributed by atoms with E-state index in [1.54, 1.807) is 7.11 Å². The Morgan fingerprint density at radius 1 is 1.04 bits per heavy atom. The van der Waals surface area contributed by atoms with E-state index in [2.05, 4.69) is 56.4 Å². The lowest BCUT2D eigenvalue weighted by Crippen LogP contribution is -2.23. The minimum atomic E-state index is 0.158. The Balaban J connectivity index is 1.83. The SMILES string of the molecule is COc1cc(CNC(=S)OCc2ccc(C(C)(C)C)cc2)ccc1C. The summed E-state index contributed by atoms with van der Waals surface area (Å²) in [7, 11) is 1.68. The Bertz CT molecular complexity index is 718. The van der Waals surface area contributed by atoms with E-state index in [9.17, 15) is 0 Å². The summed E-state index contributed by atoms with van der Waals surface area (Å²) in [6.07, 6.45) is 0. The Morgan fingerprint density at radius 3 is 2.28 bits per heavy atom. The van der Waals surface area contributed by atoms with Crippen LogP contribution < -0.4 is 10.1 Å². The maximum Gasteiger partial charge on any atom is 0.257 e. The van der Waals surface area contributed by atoms with Crippen molar-refractivity contribution in [3.05, 3.63) is 64.7 Å². The molecule has 0 fully saturated rings. The number of benzene rings is 2. The summed E-state index contributed by atoms with van der Waals surface area (Å²) in [5.41, 5.74) is 4.79. The van der Waals surface area contributed by atoms with Gasteiger partial charge in [-0.3, -0.25) is 0 Å². The van der Waals surface area contributed by atoms with Crippen LogP contribution in [0.5, 0.6) is 5.75 Å². The molecule has 0 heterocycles. The van der Waals surface area contributed by atoms with E-state index in [-0.39, 0.29) is 5.41 Å². The Hall–Kier alpha value is -2.07. The summed E-state index contributed by atoms with van der Waals surface area (Å²) >= 11 is 5.26. The zero-order chi connectivity index (χ0) is 18.4. The molecule has 0 spiro atoms. The van der Waals surface area contributed by atoms with E-state index in [4.69, 9.17) is 21.7 Å². The molecule has 3 nitrogen and oxygen atoms in total. The fraction of sp³-hybridized carbons (Fsp3) is 0.381. The van der Waals surface area contributed by atoms with Gasteiger partial charge in [-0.25, -0.2) is 0 Å². The summed E-state index contributed by atoms with van der Waals surface area (Å²) in [5, 5.41) is 3.53. The third-order valence-corrected chi connectivity index (χ3v) is 4.36. The summed E-state index contributed by atoms with van der Waals surface area (Å²) in [5.74, 6) is 0.880. The first-order valence-electron chi connectivity index (χ1n) is 8.43. The van der Waals surface area contributed by atoms with Crippen LogP contribution in [-0.4, -0.2) is 12.3 Å². The van der Waals surface area contributed by atoms with Gasteiger partial charge in [0, 0.05) is 6.54 Å². The minimum Gasteiger partial charge on any atom is -0.496 e. The van der Waals surface area contributed by atoms with Gasteiger partial charge >= 0.3 is 0 Å². The normalized spacial score (nSPS) is 11.1. The van der Waals surface area contributed by atoms with Gasteiger partial charge in [-0.15, -0.1) is 0 Å². The molecule has 0 aliphatic heterocycles. The molecule has 0 aromatic heterocycles. The lowest BCUT2D eigenvalue weighted by Gasteiger charge is -2.19. The molecule has 2 aromatic carbocycles. The van der Waals surface area contributed by atoms with Crippen LogP contribution in [0.25, 0.3) is 0 Å². The summed E-state index contributed by atoms with van der Waals surface area (Å²) in [6, 6.07) is 14.6. The number of methoxy groups -OCH3 is 1. The lowest BCUT2D eigenvalue weighted by atomic mass is 9.87. The van der Waals surface area contributed by atoms with Crippen molar-refractivity contribution in [3.63, 3.8) is 0 Å². The number of hydrogen-bond acceptors (Lipinski definition) is 3. The van der Waals surface area contributed by atoms with Gasteiger partial charge in [-0.05, 0) is 52.9 Å². The van der Waals surface area contributed by atoms with Crippen LogP contribution in [0.3, 0.4) is 0 Å². The average molecular weight is 358 g/mol. The molecular formula is C21H27NO2S.